The molecule has 6 aromatic rings. The number of anilines is 4. The number of nitrogens with zero attached hydrogens (tertiary/aromatic N) is 6. The van der Waals surface area contributed by atoms with E-state index in [2.05, 4.69) is 161 Å². The van der Waals surface area contributed by atoms with Crippen LogP contribution in [0.4, 0.5) is 22.7 Å². The Hall–Kier alpha value is -7.92. The summed E-state index contributed by atoms with van der Waals surface area (Å²) in [6, 6.07) is 54.4. The molecule has 6 aromatic carbocycles. The number of nitrogens with one attached hydrogen (secondary N) is 2. The minimum Gasteiger partial charge on any atom is -0.344 e. The maximum absolute atomic E-state index is 14.7. The topological polar surface area (TPSA) is 95.9 Å². The van der Waals surface area contributed by atoms with E-state index in [9.17, 15) is 9.59 Å². The Morgan fingerprint density at radius 3 is 1.20 bits per heavy atom. The summed E-state index contributed by atoms with van der Waals surface area (Å²) in [6.07, 6.45) is 24.4. The zero-order valence-electron chi connectivity index (χ0n) is 55.1. The SMILES string of the molecule is CCCCC(CC)CNCCc1ccc(N2N=C(c3ccccc3)/C(=C/C=C3/N(CCCCCCN4/C(=C/C=C5\C(=O)N(c6ccc(CCNCC(CC)CCCC)cc6)N=C5c5ccccc5)C(C)(C)c5ccccc54)c4ccccc4C3(C)C)C2=O)cc1. The van der Waals surface area contributed by atoms with E-state index in [1.165, 1.54) is 96.4 Å². The molecule has 470 valence electrons. The van der Waals surface area contributed by atoms with Crippen molar-refractivity contribution in [1.82, 2.24) is 10.6 Å². The summed E-state index contributed by atoms with van der Waals surface area (Å²) in [5, 5.41) is 20.6. The van der Waals surface area contributed by atoms with Gasteiger partial charge in [0.1, 0.15) is 11.4 Å². The Morgan fingerprint density at radius 1 is 0.444 bits per heavy atom. The first-order chi connectivity index (χ1) is 43.9. The molecule has 2 N–H and O–H groups in total. The van der Waals surface area contributed by atoms with Crippen LogP contribution in [-0.2, 0) is 33.3 Å². The Morgan fingerprint density at radius 2 is 0.822 bits per heavy atom. The summed E-state index contributed by atoms with van der Waals surface area (Å²) >= 11 is 0. The van der Waals surface area contributed by atoms with E-state index in [0.29, 0.717) is 22.6 Å². The number of hydrogen-bond acceptors (Lipinski definition) is 8. The average Bonchev–Trinajstić information content (AvgIpc) is 1.70. The number of amides is 2. The second-order valence-electron chi connectivity index (χ2n) is 26.2. The Balaban J connectivity index is 0.815. The molecule has 4 aliphatic rings. The van der Waals surface area contributed by atoms with Crippen LogP contribution in [0, 0.1) is 11.8 Å². The normalized spacial score (nSPS) is 18.4. The molecule has 2 atom stereocenters. The predicted octanol–water partition coefficient (Wildman–Crippen LogP) is 17.4. The van der Waals surface area contributed by atoms with Crippen LogP contribution in [0.15, 0.2) is 215 Å². The van der Waals surface area contributed by atoms with Crippen LogP contribution in [0.25, 0.3) is 0 Å². The van der Waals surface area contributed by atoms with E-state index in [-0.39, 0.29) is 22.6 Å². The van der Waals surface area contributed by atoms with Crippen LogP contribution >= 0.6 is 0 Å². The highest BCUT2D eigenvalue weighted by molar-refractivity contribution is 6.36. The van der Waals surface area contributed by atoms with Gasteiger partial charge in [-0.05, 0) is 159 Å². The van der Waals surface area contributed by atoms with Gasteiger partial charge in [0.15, 0.2) is 0 Å². The van der Waals surface area contributed by atoms with Gasteiger partial charge in [-0.3, -0.25) is 9.59 Å². The molecule has 10 heteroatoms. The highest BCUT2D eigenvalue weighted by Crippen LogP contribution is 2.49. The number of para-hydroxylation sites is 2. The van der Waals surface area contributed by atoms with Crippen molar-refractivity contribution < 1.29 is 9.59 Å². The van der Waals surface area contributed by atoms with Gasteiger partial charge in [0.2, 0.25) is 0 Å². The molecule has 4 heterocycles. The van der Waals surface area contributed by atoms with Crippen molar-refractivity contribution in [2.75, 3.05) is 59.1 Å². The highest BCUT2D eigenvalue weighted by atomic mass is 16.2. The van der Waals surface area contributed by atoms with Gasteiger partial charge in [-0.1, -0.05) is 228 Å². The van der Waals surface area contributed by atoms with E-state index in [0.717, 1.165) is 112 Å². The average molecular weight is 1200 g/mol. The molecule has 0 fully saturated rings. The Labute approximate surface area is 538 Å². The van der Waals surface area contributed by atoms with Crippen LogP contribution < -0.4 is 30.5 Å². The molecule has 90 heavy (non-hydrogen) atoms. The molecule has 2 unspecified atom stereocenters. The molecule has 0 aromatic heterocycles. The molecule has 0 radical (unpaired) electrons. The van der Waals surface area contributed by atoms with Crippen LogP contribution in [0.2, 0.25) is 0 Å². The van der Waals surface area contributed by atoms with Crippen molar-refractivity contribution in [1.29, 1.82) is 0 Å². The van der Waals surface area contributed by atoms with E-state index in [1.54, 1.807) is 10.0 Å². The highest BCUT2D eigenvalue weighted by Gasteiger charge is 2.42. The lowest BCUT2D eigenvalue weighted by Gasteiger charge is -2.28. The number of carbonyl (C=O) groups excluding carboxylic acids is 2. The molecule has 0 saturated heterocycles. The van der Waals surface area contributed by atoms with Crippen molar-refractivity contribution in [3.63, 3.8) is 0 Å². The second kappa shape index (κ2) is 30.7. The number of carbonyl (C=O) groups is 2. The Bertz CT molecular complexity index is 3340. The van der Waals surface area contributed by atoms with Gasteiger partial charge >= 0.3 is 0 Å². The lowest BCUT2D eigenvalue weighted by atomic mass is 9.83. The molecule has 10 nitrogen and oxygen atoms in total. The monoisotopic (exact) mass is 1200 g/mol. The molecular weight excluding hydrogens is 1100 g/mol. The largest absolute Gasteiger partial charge is 0.344 e. The number of hydrazone groups is 2. The number of benzene rings is 6. The second-order valence-corrected chi connectivity index (χ2v) is 26.2. The first-order valence-corrected chi connectivity index (χ1v) is 34.0. The fourth-order valence-corrected chi connectivity index (χ4v) is 13.7. The van der Waals surface area contributed by atoms with Gasteiger partial charge in [-0.15, -0.1) is 0 Å². The molecule has 0 bridgehead atoms. The fourth-order valence-electron chi connectivity index (χ4n) is 13.7. The summed E-state index contributed by atoms with van der Waals surface area (Å²) in [6.45, 7) is 24.0. The molecule has 10 rings (SSSR count). The minimum absolute atomic E-state index is 0.130. The molecule has 0 spiro atoms. The van der Waals surface area contributed by atoms with E-state index in [1.807, 2.05) is 97.1 Å². The lowest BCUT2D eigenvalue weighted by Crippen LogP contribution is -2.28. The summed E-state index contributed by atoms with van der Waals surface area (Å²) in [4.78, 5) is 34.3. The molecule has 0 saturated carbocycles. The van der Waals surface area contributed by atoms with Crippen molar-refractivity contribution in [3.05, 3.63) is 238 Å². The van der Waals surface area contributed by atoms with Gasteiger partial charge in [0.25, 0.3) is 11.8 Å². The van der Waals surface area contributed by atoms with Crippen LogP contribution in [0.1, 0.15) is 166 Å². The van der Waals surface area contributed by atoms with Gasteiger partial charge < -0.3 is 20.4 Å². The number of allylic oxidation sites excluding steroid dienone is 6. The third-order valence-corrected chi connectivity index (χ3v) is 19.3. The van der Waals surface area contributed by atoms with E-state index in [4.69, 9.17) is 10.2 Å². The first kappa shape index (κ1) is 65.0. The zero-order chi connectivity index (χ0) is 63.0. The molecule has 0 aliphatic carbocycles. The lowest BCUT2D eigenvalue weighted by molar-refractivity contribution is -0.115. The van der Waals surface area contributed by atoms with Gasteiger partial charge in [0, 0.05) is 57.8 Å². The summed E-state index contributed by atoms with van der Waals surface area (Å²) in [7, 11) is 0. The number of hydrogen-bond donors (Lipinski definition) is 2. The predicted molar refractivity (Wildman–Crippen MR) is 378 cm³/mol. The van der Waals surface area contributed by atoms with Crippen LogP contribution in [-0.4, -0.2) is 62.5 Å². The number of unbranched alkanes of at least 4 members (excludes halogenated alkanes) is 5. The summed E-state index contributed by atoms with van der Waals surface area (Å²) in [5.41, 5.74) is 15.1. The van der Waals surface area contributed by atoms with Crippen molar-refractivity contribution >= 4 is 46.0 Å². The zero-order valence-corrected chi connectivity index (χ0v) is 55.1. The van der Waals surface area contributed by atoms with E-state index < -0.39 is 0 Å². The molecular formula is C80H98N8O2. The third-order valence-electron chi connectivity index (χ3n) is 19.3. The van der Waals surface area contributed by atoms with Crippen molar-refractivity contribution in [2.24, 2.45) is 22.0 Å². The summed E-state index contributed by atoms with van der Waals surface area (Å²) in [5.74, 6) is 1.19. The van der Waals surface area contributed by atoms with Gasteiger partial charge in [-0.25, -0.2) is 0 Å². The number of rotatable bonds is 31. The fraction of sp³-hybridized carbons (Fsp3) is 0.400. The van der Waals surface area contributed by atoms with Gasteiger partial charge in [0.05, 0.1) is 22.5 Å². The van der Waals surface area contributed by atoms with Crippen LogP contribution in [0.5, 0.6) is 0 Å². The maximum atomic E-state index is 14.7. The first-order valence-electron chi connectivity index (χ1n) is 34.0. The van der Waals surface area contributed by atoms with Crippen molar-refractivity contribution in [3.8, 4) is 0 Å². The van der Waals surface area contributed by atoms with Crippen LogP contribution in [0.3, 0.4) is 0 Å². The third kappa shape index (κ3) is 14.9. The van der Waals surface area contributed by atoms with Gasteiger partial charge in [-0.2, -0.15) is 20.2 Å². The minimum atomic E-state index is -0.297. The van der Waals surface area contributed by atoms with E-state index >= 15 is 0 Å². The quantitative estimate of drug-likeness (QED) is 0.0333. The Kier molecular flexibility index (Phi) is 22.2. The summed E-state index contributed by atoms with van der Waals surface area (Å²) < 4.78 is 0. The smallest absolute Gasteiger partial charge is 0.281 e. The number of fused-ring (bicyclic) bond motifs is 2. The molecule has 4 aliphatic heterocycles. The molecule has 2 amide bonds. The van der Waals surface area contributed by atoms with Crippen molar-refractivity contribution in [2.45, 2.75) is 156 Å². The maximum Gasteiger partial charge on any atom is 0.281 e. The standard InChI is InChI=1S/C80H98N8O2/c1-9-13-29-59(11-3)57-81-53-51-61-39-43-65(44-40-61)87-77(89)67(75(83-87)63-31-19-17-20-32-63)47-49-73-79(5,6)69-35-23-25-37-71(69)85(73)55-27-15-16-28-56-86-72-38-26-24-36-70(72)80(7,8)74(86)50-48-68-76(64-33-21-18-22-34-64)84-88(78(68)90)66-45-41-62(42-46-66)52-54-82-58-60(12-4)30-14-10-2/h17-26,31-50,59-60,81-82H,9-16,27-30,51-58H2,1-8H3/b67-47-,68-48-,73-49+,74-50+.